The summed E-state index contributed by atoms with van der Waals surface area (Å²) in [6.45, 7) is 7.76. The van der Waals surface area contributed by atoms with Gasteiger partial charge in [0.2, 0.25) is 0 Å². The first-order valence-corrected chi connectivity index (χ1v) is 7.67. The molecule has 106 valence electrons. The van der Waals surface area contributed by atoms with E-state index in [2.05, 4.69) is 26.1 Å². The minimum absolute atomic E-state index is 0.401. The van der Waals surface area contributed by atoms with Crippen LogP contribution in [0, 0.1) is 5.41 Å². The highest BCUT2D eigenvalue weighted by atomic mass is 16.5. The molecular formula is C15H29NO2. The molecule has 2 atom stereocenters. The molecule has 0 aliphatic heterocycles. The molecule has 18 heavy (non-hydrogen) atoms. The van der Waals surface area contributed by atoms with Crippen LogP contribution in [0.4, 0.5) is 0 Å². The first-order valence-electron chi connectivity index (χ1n) is 7.67. The number of nitrogens with one attached hydrogen (secondary N) is 1. The molecule has 2 saturated carbocycles. The van der Waals surface area contributed by atoms with Gasteiger partial charge < -0.3 is 15.2 Å². The Bertz CT molecular complexity index is 272. The molecule has 2 rings (SSSR count). The maximum absolute atomic E-state index is 10.3. The van der Waals surface area contributed by atoms with E-state index in [0.717, 1.165) is 32.4 Å². The molecule has 2 unspecified atom stereocenters. The number of aliphatic hydroxyl groups is 1. The number of hydrogen-bond donors (Lipinski definition) is 2. The third-order valence-corrected chi connectivity index (χ3v) is 5.43. The standard InChI is InChI=1S/C15H29NO2/c1-4-14(17,5-2)11-16-12-10-13(18-6-3)15(12)8-7-9-15/h12-13,16-17H,4-11H2,1-3H3. The molecule has 0 bridgehead atoms. The van der Waals surface area contributed by atoms with Crippen molar-refractivity contribution in [3.05, 3.63) is 0 Å². The molecule has 0 aromatic rings. The second-order valence-electron chi connectivity index (χ2n) is 6.13. The lowest BCUT2D eigenvalue weighted by molar-refractivity contribution is -0.175. The Morgan fingerprint density at radius 1 is 1.28 bits per heavy atom. The van der Waals surface area contributed by atoms with E-state index in [9.17, 15) is 5.11 Å². The van der Waals surface area contributed by atoms with E-state index < -0.39 is 5.60 Å². The topological polar surface area (TPSA) is 41.5 Å². The zero-order valence-corrected chi connectivity index (χ0v) is 12.2. The summed E-state index contributed by atoms with van der Waals surface area (Å²) in [5, 5.41) is 13.9. The summed E-state index contributed by atoms with van der Waals surface area (Å²) in [7, 11) is 0. The Morgan fingerprint density at radius 3 is 2.39 bits per heavy atom. The summed E-state index contributed by atoms with van der Waals surface area (Å²) in [6.07, 6.45) is 7.17. The summed E-state index contributed by atoms with van der Waals surface area (Å²) in [6, 6.07) is 0.562. The highest BCUT2D eigenvalue weighted by Gasteiger charge is 2.58. The average Bonchev–Trinajstić information content (AvgIpc) is 2.30. The van der Waals surface area contributed by atoms with Crippen LogP contribution in [0.5, 0.6) is 0 Å². The molecule has 2 aliphatic rings. The lowest BCUT2D eigenvalue weighted by Gasteiger charge is -2.61. The van der Waals surface area contributed by atoms with Crippen LogP contribution in [-0.4, -0.2) is 36.0 Å². The predicted octanol–water partition coefficient (Wildman–Crippen LogP) is 2.47. The van der Waals surface area contributed by atoms with Crippen LogP contribution in [0.2, 0.25) is 0 Å². The highest BCUT2D eigenvalue weighted by Crippen LogP contribution is 2.57. The second-order valence-corrected chi connectivity index (χ2v) is 6.13. The summed E-state index contributed by atoms with van der Waals surface area (Å²) in [4.78, 5) is 0. The van der Waals surface area contributed by atoms with Crippen molar-refractivity contribution in [1.29, 1.82) is 0 Å². The van der Waals surface area contributed by atoms with E-state index in [1.807, 2.05) is 0 Å². The summed E-state index contributed by atoms with van der Waals surface area (Å²) >= 11 is 0. The molecule has 0 aromatic heterocycles. The van der Waals surface area contributed by atoms with Crippen molar-refractivity contribution in [2.24, 2.45) is 5.41 Å². The van der Waals surface area contributed by atoms with Crippen LogP contribution >= 0.6 is 0 Å². The number of hydrogen-bond acceptors (Lipinski definition) is 3. The van der Waals surface area contributed by atoms with Gasteiger partial charge in [0, 0.05) is 24.6 Å². The minimum Gasteiger partial charge on any atom is -0.389 e. The van der Waals surface area contributed by atoms with Crippen LogP contribution in [0.15, 0.2) is 0 Å². The van der Waals surface area contributed by atoms with Gasteiger partial charge in [-0.3, -0.25) is 0 Å². The molecule has 3 nitrogen and oxygen atoms in total. The van der Waals surface area contributed by atoms with Gasteiger partial charge in [-0.1, -0.05) is 20.3 Å². The van der Waals surface area contributed by atoms with E-state index in [-0.39, 0.29) is 0 Å². The Kier molecular flexibility index (Phi) is 4.35. The smallest absolute Gasteiger partial charge is 0.0766 e. The number of rotatable bonds is 7. The summed E-state index contributed by atoms with van der Waals surface area (Å²) in [5.41, 5.74) is -0.125. The molecule has 0 aromatic carbocycles. The molecular weight excluding hydrogens is 226 g/mol. The van der Waals surface area contributed by atoms with Gasteiger partial charge in [-0.2, -0.15) is 0 Å². The fourth-order valence-electron chi connectivity index (χ4n) is 3.54. The molecule has 0 saturated heterocycles. The van der Waals surface area contributed by atoms with E-state index in [4.69, 9.17) is 4.74 Å². The average molecular weight is 255 g/mol. The van der Waals surface area contributed by atoms with Gasteiger partial charge in [0.05, 0.1) is 11.7 Å². The molecule has 0 heterocycles. The van der Waals surface area contributed by atoms with Crippen molar-refractivity contribution in [3.63, 3.8) is 0 Å². The monoisotopic (exact) mass is 255 g/mol. The zero-order valence-electron chi connectivity index (χ0n) is 12.2. The molecule has 2 fully saturated rings. The Hall–Kier alpha value is -0.120. The second kappa shape index (κ2) is 5.48. The van der Waals surface area contributed by atoms with Gasteiger partial charge in [0.15, 0.2) is 0 Å². The molecule has 0 radical (unpaired) electrons. The Labute approximate surface area is 111 Å². The van der Waals surface area contributed by atoms with Crippen molar-refractivity contribution < 1.29 is 9.84 Å². The maximum atomic E-state index is 10.3. The third-order valence-electron chi connectivity index (χ3n) is 5.43. The van der Waals surface area contributed by atoms with Crippen LogP contribution in [0.1, 0.15) is 59.3 Å². The number of ether oxygens (including phenoxy) is 1. The first-order chi connectivity index (χ1) is 8.60. The van der Waals surface area contributed by atoms with Gasteiger partial charge in [0.1, 0.15) is 0 Å². The lowest BCUT2D eigenvalue weighted by atomic mass is 9.51. The van der Waals surface area contributed by atoms with Gasteiger partial charge >= 0.3 is 0 Å². The van der Waals surface area contributed by atoms with Crippen LogP contribution in [-0.2, 0) is 4.74 Å². The van der Waals surface area contributed by atoms with Crippen LogP contribution in [0.3, 0.4) is 0 Å². The van der Waals surface area contributed by atoms with E-state index in [0.29, 0.717) is 17.6 Å². The summed E-state index contributed by atoms with van der Waals surface area (Å²) in [5.74, 6) is 0. The molecule has 2 aliphatic carbocycles. The first kappa shape index (κ1) is 14.3. The van der Waals surface area contributed by atoms with Crippen LogP contribution < -0.4 is 5.32 Å². The zero-order chi connectivity index (χ0) is 13.2. The largest absolute Gasteiger partial charge is 0.389 e. The SMILES string of the molecule is CCOC1CC(NCC(O)(CC)CC)C12CCC2. The quantitative estimate of drug-likeness (QED) is 0.734. The normalized spacial score (nSPS) is 30.0. The van der Waals surface area contributed by atoms with Gasteiger partial charge in [-0.25, -0.2) is 0 Å². The predicted molar refractivity (Wildman–Crippen MR) is 73.6 cm³/mol. The fourth-order valence-corrected chi connectivity index (χ4v) is 3.54. The van der Waals surface area contributed by atoms with Crippen molar-refractivity contribution in [2.75, 3.05) is 13.2 Å². The molecule has 0 amide bonds. The van der Waals surface area contributed by atoms with Crippen LogP contribution in [0.25, 0.3) is 0 Å². The van der Waals surface area contributed by atoms with Crippen molar-refractivity contribution in [2.45, 2.75) is 77.0 Å². The Balaban J connectivity index is 1.84. The van der Waals surface area contributed by atoms with Gasteiger partial charge in [0.25, 0.3) is 0 Å². The summed E-state index contributed by atoms with van der Waals surface area (Å²) < 4.78 is 5.85. The van der Waals surface area contributed by atoms with Gasteiger partial charge in [-0.05, 0) is 39.0 Å². The highest BCUT2D eigenvalue weighted by molar-refractivity contribution is 5.12. The van der Waals surface area contributed by atoms with Crippen molar-refractivity contribution >= 4 is 0 Å². The molecule has 3 heteroatoms. The van der Waals surface area contributed by atoms with Gasteiger partial charge in [-0.15, -0.1) is 0 Å². The third kappa shape index (κ3) is 2.33. The molecule has 1 spiro atoms. The Morgan fingerprint density at radius 2 is 1.94 bits per heavy atom. The van der Waals surface area contributed by atoms with Crippen molar-refractivity contribution in [1.82, 2.24) is 5.32 Å². The minimum atomic E-state index is -0.526. The van der Waals surface area contributed by atoms with E-state index in [1.165, 1.54) is 19.3 Å². The maximum Gasteiger partial charge on any atom is 0.0766 e. The lowest BCUT2D eigenvalue weighted by Crippen LogP contribution is -2.68. The fraction of sp³-hybridized carbons (Fsp3) is 1.00. The van der Waals surface area contributed by atoms with E-state index >= 15 is 0 Å². The van der Waals surface area contributed by atoms with Crippen molar-refractivity contribution in [3.8, 4) is 0 Å². The van der Waals surface area contributed by atoms with E-state index in [1.54, 1.807) is 0 Å². The molecule has 2 N–H and O–H groups in total.